The van der Waals surface area contributed by atoms with E-state index in [1.807, 2.05) is 4.90 Å². The smallest absolute Gasteiger partial charge is 0.416 e. The third-order valence-electron chi connectivity index (χ3n) is 6.93. The summed E-state index contributed by atoms with van der Waals surface area (Å²) in [6, 6.07) is 9.64. The number of piperidine rings is 1. The number of piperazine rings is 1. The normalized spacial score (nSPS) is 18.1. The maximum Gasteiger partial charge on any atom is 0.416 e. The second-order valence-corrected chi connectivity index (χ2v) is 11.0. The highest BCUT2D eigenvalue weighted by Gasteiger charge is 2.35. The van der Waals surface area contributed by atoms with Crippen LogP contribution in [0, 0.1) is 5.92 Å². The molecule has 1 amide bonds. The number of halogens is 3. The first-order valence-electron chi connectivity index (χ1n) is 12.0. The van der Waals surface area contributed by atoms with Gasteiger partial charge in [-0.15, -0.1) is 0 Å². The van der Waals surface area contributed by atoms with Gasteiger partial charge in [0.05, 0.1) is 24.7 Å². The van der Waals surface area contributed by atoms with Crippen molar-refractivity contribution in [2.75, 3.05) is 58.4 Å². The van der Waals surface area contributed by atoms with E-state index in [9.17, 15) is 26.4 Å². The number of hydrogen-bond donors (Lipinski definition) is 0. The average molecular weight is 542 g/mol. The zero-order chi connectivity index (χ0) is 26.8. The van der Waals surface area contributed by atoms with Gasteiger partial charge in [-0.3, -0.25) is 4.79 Å². The molecule has 12 heteroatoms. The van der Waals surface area contributed by atoms with Crippen molar-refractivity contribution >= 4 is 21.6 Å². The number of nitrogens with zero attached hydrogens (tertiary/aromatic N) is 3. The first-order chi connectivity index (χ1) is 17.5. The Bertz CT molecular complexity index is 1220. The molecule has 0 bridgehead atoms. The van der Waals surface area contributed by atoms with E-state index in [0.29, 0.717) is 56.2 Å². The van der Waals surface area contributed by atoms with E-state index in [0.717, 1.165) is 12.1 Å². The van der Waals surface area contributed by atoms with Gasteiger partial charge in [0.2, 0.25) is 15.9 Å². The molecule has 2 aliphatic rings. The van der Waals surface area contributed by atoms with E-state index in [2.05, 4.69) is 0 Å². The highest BCUT2D eigenvalue weighted by molar-refractivity contribution is 7.89. The minimum absolute atomic E-state index is 0.0353. The lowest BCUT2D eigenvalue weighted by atomic mass is 9.96. The Morgan fingerprint density at radius 3 is 2.14 bits per heavy atom. The molecule has 0 aromatic heterocycles. The van der Waals surface area contributed by atoms with Gasteiger partial charge in [0.25, 0.3) is 0 Å². The van der Waals surface area contributed by atoms with Crippen LogP contribution in [0.3, 0.4) is 0 Å². The fraction of sp³-hybridized carbons (Fsp3) is 0.480. The van der Waals surface area contributed by atoms with E-state index in [4.69, 9.17) is 9.47 Å². The van der Waals surface area contributed by atoms with Gasteiger partial charge >= 0.3 is 6.18 Å². The molecule has 0 unspecified atom stereocenters. The molecule has 8 nitrogen and oxygen atoms in total. The molecular weight excluding hydrogens is 511 g/mol. The van der Waals surface area contributed by atoms with Gasteiger partial charge in [-0.25, -0.2) is 8.42 Å². The summed E-state index contributed by atoms with van der Waals surface area (Å²) in [5, 5.41) is 0. The summed E-state index contributed by atoms with van der Waals surface area (Å²) in [5.41, 5.74) is -0.214. The molecule has 37 heavy (non-hydrogen) atoms. The van der Waals surface area contributed by atoms with Crippen molar-refractivity contribution in [2.45, 2.75) is 23.9 Å². The molecule has 2 aliphatic heterocycles. The van der Waals surface area contributed by atoms with Crippen LogP contribution in [0.5, 0.6) is 11.5 Å². The Morgan fingerprint density at radius 1 is 0.892 bits per heavy atom. The SMILES string of the molecule is COc1ccc(S(=O)(=O)N2CCC(C(=O)N3CCN(c4cccc(C(F)(F)F)c4)CC3)CC2)cc1OC. The molecule has 2 heterocycles. The third-order valence-corrected chi connectivity index (χ3v) is 8.82. The van der Waals surface area contributed by atoms with E-state index in [1.165, 1.54) is 36.7 Å². The Hall–Kier alpha value is -2.99. The quantitative estimate of drug-likeness (QED) is 0.558. The second-order valence-electron chi connectivity index (χ2n) is 9.06. The van der Waals surface area contributed by atoms with Gasteiger partial charge in [0, 0.05) is 56.9 Å². The minimum Gasteiger partial charge on any atom is -0.493 e. The number of anilines is 1. The summed E-state index contributed by atoms with van der Waals surface area (Å²) in [5.74, 6) is 0.417. The van der Waals surface area contributed by atoms with Gasteiger partial charge in [0.1, 0.15) is 0 Å². The number of benzene rings is 2. The highest BCUT2D eigenvalue weighted by atomic mass is 32.2. The molecule has 0 N–H and O–H groups in total. The Labute approximate surface area is 214 Å². The number of hydrogen-bond acceptors (Lipinski definition) is 6. The van der Waals surface area contributed by atoms with Crippen molar-refractivity contribution in [3.63, 3.8) is 0 Å². The van der Waals surface area contributed by atoms with Crippen LogP contribution >= 0.6 is 0 Å². The number of carbonyl (C=O) groups excluding carboxylic acids is 1. The van der Waals surface area contributed by atoms with Crippen LogP contribution in [0.1, 0.15) is 18.4 Å². The lowest BCUT2D eigenvalue weighted by Gasteiger charge is -2.39. The number of ether oxygens (including phenoxy) is 2. The molecule has 0 spiro atoms. The largest absolute Gasteiger partial charge is 0.493 e. The van der Waals surface area contributed by atoms with Crippen LogP contribution in [0.4, 0.5) is 18.9 Å². The molecule has 2 aromatic rings. The van der Waals surface area contributed by atoms with Gasteiger partial charge in [-0.05, 0) is 43.2 Å². The zero-order valence-corrected chi connectivity index (χ0v) is 21.5. The summed E-state index contributed by atoms with van der Waals surface area (Å²) in [6.07, 6.45) is -3.60. The van der Waals surface area contributed by atoms with Crippen LogP contribution in [-0.4, -0.2) is 77.0 Å². The van der Waals surface area contributed by atoms with E-state index < -0.39 is 21.8 Å². The fourth-order valence-electron chi connectivity index (χ4n) is 4.79. The second kappa shape index (κ2) is 10.8. The van der Waals surface area contributed by atoms with Crippen LogP contribution in [0.2, 0.25) is 0 Å². The molecular formula is C25H30F3N3O5S. The fourth-order valence-corrected chi connectivity index (χ4v) is 6.28. The first-order valence-corrected chi connectivity index (χ1v) is 13.4. The van der Waals surface area contributed by atoms with Gasteiger partial charge in [-0.1, -0.05) is 6.07 Å². The summed E-state index contributed by atoms with van der Waals surface area (Å²) in [7, 11) is -0.853. The maximum absolute atomic E-state index is 13.1. The van der Waals surface area contributed by atoms with Crippen molar-refractivity contribution in [2.24, 2.45) is 5.92 Å². The maximum atomic E-state index is 13.1. The summed E-state index contributed by atoms with van der Waals surface area (Å²) in [4.78, 5) is 16.8. The van der Waals surface area contributed by atoms with Gasteiger partial charge < -0.3 is 19.3 Å². The molecule has 2 saturated heterocycles. The molecule has 2 fully saturated rings. The van der Waals surface area contributed by atoms with E-state index in [1.54, 1.807) is 17.0 Å². The van der Waals surface area contributed by atoms with Gasteiger partial charge in [0.15, 0.2) is 11.5 Å². The molecule has 0 aliphatic carbocycles. The molecule has 4 rings (SSSR count). The standard InChI is InChI=1S/C25H30F3N3O5S/c1-35-22-7-6-21(17-23(22)36-2)37(33,34)31-10-8-18(9-11-31)24(32)30-14-12-29(13-15-30)20-5-3-4-19(16-20)25(26,27)28/h3-7,16-18H,8-15H2,1-2H3. The van der Waals surface area contributed by atoms with Crippen LogP contribution in [0.25, 0.3) is 0 Å². The highest BCUT2D eigenvalue weighted by Crippen LogP contribution is 2.33. The molecule has 0 atom stereocenters. The Balaban J connectivity index is 1.33. The predicted molar refractivity (Wildman–Crippen MR) is 131 cm³/mol. The average Bonchev–Trinajstić information content (AvgIpc) is 2.92. The van der Waals surface area contributed by atoms with Crippen molar-refractivity contribution < 1.29 is 35.9 Å². The lowest BCUT2D eigenvalue weighted by Crippen LogP contribution is -2.52. The summed E-state index contributed by atoms with van der Waals surface area (Å²) < 4.78 is 77.2. The van der Waals surface area contributed by atoms with Gasteiger partial charge in [-0.2, -0.15) is 17.5 Å². The number of methoxy groups -OCH3 is 2. The summed E-state index contributed by atoms with van der Waals surface area (Å²) in [6.45, 7) is 2.10. The first kappa shape index (κ1) is 27.1. The summed E-state index contributed by atoms with van der Waals surface area (Å²) >= 11 is 0. The van der Waals surface area contributed by atoms with Crippen molar-refractivity contribution in [3.05, 3.63) is 48.0 Å². The molecule has 2 aromatic carbocycles. The van der Waals surface area contributed by atoms with Crippen LogP contribution < -0.4 is 14.4 Å². The van der Waals surface area contributed by atoms with E-state index >= 15 is 0 Å². The lowest BCUT2D eigenvalue weighted by molar-refractivity contribution is -0.137. The van der Waals surface area contributed by atoms with Crippen molar-refractivity contribution in [3.8, 4) is 11.5 Å². The number of rotatable bonds is 6. The third kappa shape index (κ3) is 5.80. The zero-order valence-electron chi connectivity index (χ0n) is 20.7. The Morgan fingerprint density at radius 2 is 1.54 bits per heavy atom. The number of alkyl halides is 3. The molecule has 202 valence electrons. The Kier molecular flexibility index (Phi) is 7.88. The topological polar surface area (TPSA) is 79.4 Å². The number of amides is 1. The number of sulfonamides is 1. The van der Waals surface area contributed by atoms with Crippen LogP contribution in [0.15, 0.2) is 47.4 Å². The van der Waals surface area contributed by atoms with Crippen LogP contribution in [-0.2, 0) is 21.0 Å². The predicted octanol–water partition coefficient (Wildman–Crippen LogP) is 3.47. The monoisotopic (exact) mass is 541 g/mol. The van der Waals surface area contributed by atoms with E-state index in [-0.39, 0.29) is 29.8 Å². The number of carbonyl (C=O) groups is 1. The molecule has 0 radical (unpaired) electrons. The molecule has 0 saturated carbocycles. The van der Waals surface area contributed by atoms with Crippen molar-refractivity contribution in [1.29, 1.82) is 0 Å². The van der Waals surface area contributed by atoms with Crippen molar-refractivity contribution in [1.82, 2.24) is 9.21 Å². The minimum atomic E-state index is -4.41.